The third-order valence-electron chi connectivity index (χ3n) is 1.41. The molecule has 0 heterocycles. The fourth-order valence-corrected chi connectivity index (χ4v) is 0.665. The lowest BCUT2D eigenvalue weighted by molar-refractivity contribution is -0.175. The van der Waals surface area contributed by atoms with E-state index in [9.17, 15) is 22.8 Å². The Morgan fingerprint density at radius 2 is 1.93 bits per heavy atom. The molecule has 0 aromatic carbocycles. The van der Waals surface area contributed by atoms with Gasteiger partial charge in [0.1, 0.15) is 6.04 Å². The van der Waals surface area contributed by atoms with Crippen LogP contribution in [0.3, 0.4) is 0 Å². The van der Waals surface area contributed by atoms with Gasteiger partial charge in [0.05, 0.1) is 6.61 Å². The molecule has 0 saturated heterocycles. The number of esters is 1. The zero-order valence-corrected chi connectivity index (χ0v) is 8.35. The van der Waals surface area contributed by atoms with Crippen LogP contribution in [0.5, 0.6) is 0 Å². The van der Waals surface area contributed by atoms with Gasteiger partial charge in [0.25, 0.3) is 0 Å². The van der Waals surface area contributed by atoms with E-state index < -0.39 is 24.1 Å². The number of hydrogen-bond donors (Lipinski definition) is 1. The fraction of sp³-hybridized carbons (Fsp3) is 0.750. The number of nitrogens with one attached hydrogen (secondary N) is 1. The van der Waals surface area contributed by atoms with Crippen LogP contribution in [0.2, 0.25) is 0 Å². The van der Waals surface area contributed by atoms with Crippen LogP contribution in [-0.4, -0.2) is 30.7 Å². The second kappa shape index (κ2) is 5.57. The Balaban J connectivity index is 4.08. The molecule has 0 fully saturated rings. The molecular weight excluding hydrogens is 215 g/mol. The van der Waals surface area contributed by atoms with Crippen LogP contribution in [0.4, 0.5) is 13.2 Å². The highest BCUT2D eigenvalue weighted by atomic mass is 19.4. The van der Waals surface area contributed by atoms with Crippen molar-refractivity contribution in [3.05, 3.63) is 0 Å². The molecule has 0 aliphatic carbocycles. The molecule has 4 nitrogen and oxygen atoms in total. The van der Waals surface area contributed by atoms with Gasteiger partial charge in [-0.2, -0.15) is 13.2 Å². The summed E-state index contributed by atoms with van der Waals surface area (Å²) in [6, 6.07) is -1.30. The summed E-state index contributed by atoms with van der Waals surface area (Å²) in [5.41, 5.74) is 0. The number of rotatable bonds is 4. The fourth-order valence-electron chi connectivity index (χ4n) is 0.665. The maximum Gasteiger partial charge on any atom is 0.471 e. The number of carbonyl (C=O) groups excluding carboxylic acids is 2. The Labute approximate surface area is 84.8 Å². The lowest BCUT2D eigenvalue weighted by Gasteiger charge is -2.13. The minimum absolute atomic E-state index is 0.116. The van der Waals surface area contributed by atoms with Gasteiger partial charge in [-0.3, -0.25) is 4.79 Å². The van der Waals surface area contributed by atoms with Gasteiger partial charge in [-0.05, 0) is 13.3 Å². The maximum absolute atomic E-state index is 11.8. The molecular formula is C8H12F3NO3. The summed E-state index contributed by atoms with van der Waals surface area (Å²) >= 11 is 0. The summed E-state index contributed by atoms with van der Waals surface area (Å²) in [5.74, 6) is -3.03. The largest absolute Gasteiger partial charge is 0.471 e. The third-order valence-corrected chi connectivity index (χ3v) is 1.41. The molecule has 7 heteroatoms. The number of amides is 1. The summed E-state index contributed by atoms with van der Waals surface area (Å²) in [4.78, 5) is 21.4. The molecule has 0 unspecified atom stereocenters. The molecule has 0 bridgehead atoms. The first-order valence-corrected chi connectivity index (χ1v) is 4.33. The van der Waals surface area contributed by atoms with Crippen LogP contribution >= 0.6 is 0 Å². The van der Waals surface area contributed by atoms with Crippen molar-refractivity contribution in [3.63, 3.8) is 0 Å². The first-order valence-electron chi connectivity index (χ1n) is 4.33. The predicted molar refractivity (Wildman–Crippen MR) is 44.9 cm³/mol. The van der Waals surface area contributed by atoms with Crippen molar-refractivity contribution in [2.24, 2.45) is 0 Å². The Morgan fingerprint density at radius 3 is 2.33 bits per heavy atom. The molecule has 1 amide bonds. The molecule has 15 heavy (non-hydrogen) atoms. The molecule has 88 valence electrons. The predicted octanol–water partition coefficient (Wildman–Crippen LogP) is 1.01. The summed E-state index contributed by atoms with van der Waals surface area (Å²) < 4.78 is 39.8. The molecule has 1 N–H and O–H groups in total. The standard InChI is InChI=1S/C8H12F3NO3/c1-3-4-15-6(13)5(2)12-7(14)8(9,10)11/h5H,3-4H2,1-2H3,(H,12,14)/t5-/m0/s1. The lowest BCUT2D eigenvalue weighted by Crippen LogP contribution is -2.45. The average molecular weight is 227 g/mol. The van der Waals surface area contributed by atoms with Crippen molar-refractivity contribution in [3.8, 4) is 0 Å². The van der Waals surface area contributed by atoms with E-state index in [-0.39, 0.29) is 6.61 Å². The van der Waals surface area contributed by atoms with Gasteiger partial charge >= 0.3 is 18.1 Å². The molecule has 0 aromatic rings. The van der Waals surface area contributed by atoms with Gasteiger partial charge in [-0.15, -0.1) is 0 Å². The zero-order chi connectivity index (χ0) is 12.1. The van der Waals surface area contributed by atoms with E-state index in [1.165, 1.54) is 5.32 Å². The first kappa shape index (κ1) is 13.7. The number of carbonyl (C=O) groups is 2. The van der Waals surface area contributed by atoms with E-state index in [1.807, 2.05) is 0 Å². The van der Waals surface area contributed by atoms with Crippen molar-refractivity contribution in [1.82, 2.24) is 5.32 Å². The van der Waals surface area contributed by atoms with E-state index in [1.54, 1.807) is 6.92 Å². The van der Waals surface area contributed by atoms with Gasteiger partial charge < -0.3 is 10.1 Å². The smallest absolute Gasteiger partial charge is 0.464 e. The summed E-state index contributed by atoms with van der Waals surface area (Å²) in [5, 5.41) is 1.49. The number of hydrogen-bond acceptors (Lipinski definition) is 3. The van der Waals surface area contributed by atoms with Crippen molar-refractivity contribution in [1.29, 1.82) is 0 Å². The Morgan fingerprint density at radius 1 is 1.40 bits per heavy atom. The van der Waals surface area contributed by atoms with Crippen molar-refractivity contribution in [2.75, 3.05) is 6.61 Å². The van der Waals surface area contributed by atoms with Crippen molar-refractivity contribution >= 4 is 11.9 Å². The lowest BCUT2D eigenvalue weighted by atomic mass is 10.3. The quantitative estimate of drug-likeness (QED) is 0.729. The Hall–Kier alpha value is -1.27. The van der Waals surface area contributed by atoms with Gasteiger partial charge in [0.15, 0.2) is 0 Å². The summed E-state index contributed by atoms with van der Waals surface area (Å²) in [7, 11) is 0. The SMILES string of the molecule is CCCOC(=O)[C@H](C)NC(=O)C(F)(F)F. The van der Waals surface area contributed by atoms with E-state index >= 15 is 0 Å². The first-order chi connectivity index (χ1) is 6.79. The van der Waals surface area contributed by atoms with Crippen LogP contribution in [0.1, 0.15) is 20.3 Å². The van der Waals surface area contributed by atoms with Crippen molar-refractivity contribution in [2.45, 2.75) is 32.5 Å². The normalized spacial score (nSPS) is 13.1. The average Bonchev–Trinajstić information content (AvgIpc) is 2.12. The van der Waals surface area contributed by atoms with Crippen LogP contribution in [0.25, 0.3) is 0 Å². The maximum atomic E-state index is 11.8. The molecule has 0 rings (SSSR count). The van der Waals surface area contributed by atoms with E-state index in [2.05, 4.69) is 4.74 Å². The van der Waals surface area contributed by atoms with E-state index in [4.69, 9.17) is 0 Å². The molecule has 0 radical (unpaired) electrons. The van der Waals surface area contributed by atoms with Crippen LogP contribution in [0.15, 0.2) is 0 Å². The summed E-state index contributed by atoms with van der Waals surface area (Å²) in [6.45, 7) is 2.99. The Kier molecular flexibility index (Phi) is 5.10. The molecule has 0 spiro atoms. The molecule has 0 aromatic heterocycles. The Bertz CT molecular complexity index is 240. The highest BCUT2D eigenvalue weighted by Gasteiger charge is 2.40. The van der Waals surface area contributed by atoms with Gasteiger partial charge in [0.2, 0.25) is 0 Å². The van der Waals surface area contributed by atoms with Gasteiger partial charge in [-0.1, -0.05) is 6.92 Å². The number of ether oxygens (including phenoxy) is 1. The highest BCUT2D eigenvalue weighted by molar-refractivity contribution is 5.87. The molecule has 0 aliphatic rings. The van der Waals surface area contributed by atoms with E-state index in [0.29, 0.717) is 6.42 Å². The minimum atomic E-state index is -4.99. The third kappa shape index (κ3) is 5.24. The summed E-state index contributed by atoms with van der Waals surface area (Å²) in [6.07, 6.45) is -4.43. The topological polar surface area (TPSA) is 55.4 Å². The second-order valence-electron chi connectivity index (χ2n) is 2.86. The van der Waals surface area contributed by atoms with Gasteiger partial charge in [0, 0.05) is 0 Å². The number of halogens is 3. The number of alkyl halides is 3. The molecule has 0 saturated carbocycles. The highest BCUT2D eigenvalue weighted by Crippen LogP contribution is 2.14. The monoisotopic (exact) mass is 227 g/mol. The zero-order valence-electron chi connectivity index (χ0n) is 8.35. The second-order valence-corrected chi connectivity index (χ2v) is 2.86. The molecule has 1 atom stereocenters. The van der Waals surface area contributed by atoms with E-state index in [0.717, 1.165) is 6.92 Å². The van der Waals surface area contributed by atoms with Gasteiger partial charge in [-0.25, -0.2) is 4.79 Å². The van der Waals surface area contributed by atoms with Crippen LogP contribution in [-0.2, 0) is 14.3 Å². The molecule has 0 aliphatic heterocycles. The van der Waals surface area contributed by atoms with Crippen LogP contribution < -0.4 is 5.32 Å². The van der Waals surface area contributed by atoms with Crippen LogP contribution in [0, 0.1) is 0 Å². The van der Waals surface area contributed by atoms with Crippen molar-refractivity contribution < 1.29 is 27.5 Å². The minimum Gasteiger partial charge on any atom is -0.464 e.